The van der Waals surface area contributed by atoms with E-state index in [9.17, 15) is 14.8 Å². The minimum absolute atomic E-state index is 0.0526. The van der Waals surface area contributed by atoms with Crippen molar-refractivity contribution in [1.29, 1.82) is 5.26 Å². The fourth-order valence-electron chi connectivity index (χ4n) is 6.46. The quantitative estimate of drug-likeness (QED) is 0.249. The Labute approximate surface area is 238 Å². The van der Waals surface area contributed by atoms with Gasteiger partial charge in [0.05, 0.1) is 39.1 Å². The van der Waals surface area contributed by atoms with E-state index in [-0.39, 0.29) is 29.0 Å². The molecule has 3 aliphatic carbocycles. The second-order valence-corrected chi connectivity index (χ2v) is 12.7. The Kier molecular flexibility index (Phi) is 6.22. The Morgan fingerprint density at radius 2 is 1.87 bits per heavy atom. The number of rotatable bonds is 6. The number of halogens is 3. The Morgan fingerprint density at radius 1 is 1.15 bits per heavy atom. The summed E-state index contributed by atoms with van der Waals surface area (Å²) < 4.78 is 27.5. The lowest BCUT2D eigenvalue weighted by molar-refractivity contribution is -0.116. The summed E-state index contributed by atoms with van der Waals surface area (Å²) in [7, 11) is 0. The molecular formula is C29H24Cl2FN3O3S. The molecule has 7 rings (SSSR count). The molecule has 6 nitrogen and oxygen atoms in total. The number of hydrogen-bond acceptors (Lipinski definition) is 7. The van der Waals surface area contributed by atoms with E-state index in [1.54, 1.807) is 24.3 Å². The molecule has 1 N–H and O–H groups in total. The zero-order valence-corrected chi connectivity index (χ0v) is 23.1. The Balaban J connectivity index is 1.14. The van der Waals surface area contributed by atoms with Crippen molar-refractivity contribution in [1.82, 2.24) is 10.1 Å². The highest BCUT2D eigenvalue weighted by Gasteiger charge is 2.56. The first kappa shape index (κ1) is 25.4. The number of thiazole rings is 1. The number of benzene rings is 2. The van der Waals surface area contributed by atoms with E-state index < -0.39 is 11.4 Å². The summed E-state index contributed by atoms with van der Waals surface area (Å²) in [5.41, 5.74) is 1.49. The highest BCUT2D eigenvalue weighted by atomic mass is 35.5. The van der Waals surface area contributed by atoms with Gasteiger partial charge in [-0.25, -0.2) is 9.37 Å². The number of aromatic nitrogens is 2. The van der Waals surface area contributed by atoms with Gasteiger partial charge in [0.1, 0.15) is 27.6 Å². The molecule has 0 amide bonds. The van der Waals surface area contributed by atoms with E-state index in [1.165, 1.54) is 17.4 Å². The molecule has 2 aromatic carbocycles. The smallest absolute Gasteiger partial charge is 0.151 e. The van der Waals surface area contributed by atoms with Crippen LogP contribution in [0.15, 0.2) is 34.9 Å². The average molecular weight is 585 g/mol. The Bertz CT molecular complexity index is 1610. The molecule has 4 aromatic rings. The molecule has 0 unspecified atom stereocenters. The van der Waals surface area contributed by atoms with Crippen LogP contribution in [-0.2, 0) is 16.9 Å². The number of nitriles is 1. The second kappa shape index (κ2) is 9.53. The van der Waals surface area contributed by atoms with Crippen molar-refractivity contribution < 1.29 is 18.8 Å². The Morgan fingerprint density at radius 3 is 2.54 bits per heavy atom. The Hall–Kier alpha value is -2.54. The van der Waals surface area contributed by atoms with Crippen molar-refractivity contribution in [3.8, 4) is 17.3 Å². The van der Waals surface area contributed by atoms with Gasteiger partial charge in [-0.05, 0) is 74.6 Å². The molecule has 3 saturated carbocycles. The van der Waals surface area contributed by atoms with E-state index in [1.807, 2.05) is 6.07 Å². The molecule has 2 aromatic heterocycles. The molecule has 2 heterocycles. The van der Waals surface area contributed by atoms with Crippen LogP contribution in [-0.4, -0.2) is 21.4 Å². The first-order valence-corrected chi connectivity index (χ1v) is 14.7. The van der Waals surface area contributed by atoms with Crippen molar-refractivity contribution in [2.24, 2.45) is 11.8 Å². The third-order valence-corrected chi connectivity index (χ3v) is 10.3. The van der Waals surface area contributed by atoms with Crippen LogP contribution in [0.4, 0.5) is 4.39 Å². The van der Waals surface area contributed by atoms with Gasteiger partial charge in [0, 0.05) is 17.0 Å². The van der Waals surface area contributed by atoms with Crippen molar-refractivity contribution in [3.63, 3.8) is 0 Å². The molecule has 10 heteroatoms. The van der Waals surface area contributed by atoms with Crippen LogP contribution in [0.3, 0.4) is 0 Å². The maximum Gasteiger partial charge on any atom is 0.151 e. The SMILES string of the molecule is N#Cc1cc(F)c2nc([C@@]3(O)[C@@H]4CC[C@H]3C[C@@H](OCc3c(-c5c(Cl)cccc5Cl)noc3C3CC3)C4)sc2c1. The predicted octanol–water partition coefficient (Wildman–Crippen LogP) is 7.74. The van der Waals surface area contributed by atoms with Crippen LogP contribution in [0.5, 0.6) is 0 Å². The van der Waals surface area contributed by atoms with Gasteiger partial charge in [-0.2, -0.15) is 5.26 Å². The van der Waals surface area contributed by atoms with Gasteiger partial charge < -0.3 is 14.4 Å². The normalized spacial score (nSPS) is 26.3. The van der Waals surface area contributed by atoms with Gasteiger partial charge in [-0.3, -0.25) is 0 Å². The lowest BCUT2D eigenvalue weighted by Gasteiger charge is -2.41. The number of nitrogens with zero attached hydrogens (tertiary/aromatic N) is 3. The van der Waals surface area contributed by atoms with Crippen LogP contribution >= 0.6 is 34.5 Å². The topological polar surface area (TPSA) is 92.2 Å². The maximum absolute atomic E-state index is 14.6. The lowest BCUT2D eigenvalue weighted by atomic mass is 9.73. The summed E-state index contributed by atoms with van der Waals surface area (Å²) >= 11 is 14.3. The van der Waals surface area contributed by atoms with Gasteiger partial charge in [0.25, 0.3) is 0 Å². The third-order valence-electron chi connectivity index (χ3n) is 8.55. The van der Waals surface area contributed by atoms with Crippen molar-refractivity contribution in [3.05, 3.63) is 68.1 Å². The largest absolute Gasteiger partial charge is 0.382 e. The molecule has 0 aliphatic heterocycles. The minimum atomic E-state index is -1.13. The summed E-state index contributed by atoms with van der Waals surface area (Å²) in [5.74, 6) is 0.532. The van der Waals surface area contributed by atoms with Crippen molar-refractivity contribution >= 4 is 44.8 Å². The fraction of sp³-hybridized carbons (Fsp3) is 0.414. The maximum atomic E-state index is 14.6. The molecule has 0 spiro atoms. The highest BCUT2D eigenvalue weighted by Crippen LogP contribution is 2.57. The molecule has 4 atom stereocenters. The monoisotopic (exact) mass is 583 g/mol. The first-order valence-electron chi connectivity index (χ1n) is 13.1. The molecule has 3 aliphatic rings. The zero-order valence-electron chi connectivity index (χ0n) is 20.8. The van der Waals surface area contributed by atoms with Crippen molar-refractivity contribution in [2.45, 2.75) is 62.8 Å². The molecule has 200 valence electrons. The standard InChI is InChI=1S/C29H24Cl2FN3O3S/c30-20-2-1-3-21(31)24(20)25-19(27(38-35-25)15-4-5-15)13-37-18-10-16-6-7-17(11-18)29(16,36)28-34-26-22(32)8-14(12-33)9-23(26)39-28/h1-3,8-9,15-18,36H,4-7,10-11,13H2/t16-,17+,18+,29-. The van der Waals surface area contributed by atoms with Gasteiger partial charge in [-0.15, -0.1) is 11.3 Å². The van der Waals surface area contributed by atoms with Crippen LogP contribution in [0.2, 0.25) is 10.0 Å². The van der Waals surface area contributed by atoms with E-state index in [2.05, 4.69) is 10.1 Å². The van der Waals surface area contributed by atoms with E-state index in [4.69, 9.17) is 32.5 Å². The van der Waals surface area contributed by atoms with Gasteiger partial charge >= 0.3 is 0 Å². The van der Waals surface area contributed by atoms with Gasteiger partial charge in [-0.1, -0.05) is 34.4 Å². The van der Waals surface area contributed by atoms with Crippen LogP contribution in [0.1, 0.15) is 66.3 Å². The first-order chi connectivity index (χ1) is 18.9. The zero-order chi connectivity index (χ0) is 26.9. The lowest BCUT2D eigenvalue weighted by Crippen LogP contribution is -2.44. The van der Waals surface area contributed by atoms with E-state index in [0.717, 1.165) is 37.0 Å². The number of aliphatic hydroxyl groups is 1. The summed E-state index contributed by atoms with van der Waals surface area (Å²) in [6.45, 7) is 0.317. The molecule has 0 radical (unpaired) electrons. The summed E-state index contributed by atoms with van der Waals surface area (Å²) in [6, 6.07) is 10.2. The summed E-state index contributed by atoms with van der Waals surface area (Å²) in [5, 5.41) is 27.1. The van der Waals surface area contributed by atoms with Gasteiger partial charge in [0.15, 0.2) is 5.82 Å². The number of fused-ring (bicyclic) bond motifs is 3. The van der Waals surface area contributed by atoms with E-state index >= 15 is 0 Å². The molecule has 39 heavy (non-hydrogen) atoms. The molecule has 2 bridgehead atoms. The average Bonchev–Trinajstić information content (AvgIpc) is 3.49. The van der Waals surface area contributed by atoms with Gasteiger partial charge in [0.2, 0.25) is 0 Å². The van der Waals surface area contributed by atoms with Crippen LogP contribution in [0.25, 0.3) is 21.5 Å². The second-order valence-electron chi connectivity index (χ2n) is 10.9. The highest BCUT2D eigenvalue weighted by molar-refractivity contribution is 7.18. The summed E-state index contributed by atoms with van der Waals surface area (Å²) in [4.78, 5) is 4.53. The summed E-state index contributed by atoms with van der Waals surface area (Å²) in [6.07, 6.45) is 5.08. The predicted molar refractivity (Wildman–Crippen MR) is 146 cm³/mol. The van der Waals surface area contributed by atoms with Crippen molar-refractivity contribution in [2.75, 3.05) is 0 Å². The molecule has 3 fully saturated rings. The molecule has 0 saturated heterocycles. The van der Waals surface area contributed by atoms with Crippen LogP contribution in [0, 0.1) is 29.0 Å². The number of ether oxygens (including phenoxy) is 1. The minimum Gasteiger partial charge on any atom is -0.382 e. The third kappa shape index (κ3) is 4.18. The van der Waals surface area contributed by atoms with E-state index in [0.29, 0.717) is 56.4 Å². The fourth-order valence-corrected chi connectivity index (χ4v) is 8.31. The number of hydrogen-bond donors (Lipinski definition) is 1. The molecular weight excluding hydrogens is 560 g/mol. The van der Waals surface area contributed by atoms with Crippen LogP contribution < -0.4 is 0 Å².